The normalized spacial score (nSPS) is 12.3. The van der Waals surface area contributed by atoms with Crippen LogP contribution in [-0.2, 0) is 6.18 Å². The number of rotatable bonds is 2. The van der Waals surface area contributed by atoms with Gasteiger partial charge in [0.2, 0.25) is 0 Å². The van der Waals surface area contributed by atoms with Gasteiger partial charge in [-0.15, -0.1) is 13.2 Å². The average Bonchev–Trinajstić information content (AvgIpc) is 2.36. The fourth-order valence-corrected chi connectivity index (χ4v) is 2.34. The second-order valence-corrected chi connectivity index (χ2v) is 5.08. The standard InChI is InChI=1S/C12H4Cl2F6N2O2/c13-6-1-5(24-12(18,19)20)2-7(14)10(6)22-4-21-8(3-9(22)23)11(15,16)17/h1-4H. The molecule has 0 saturated carbocycles. The first-order chi connectivity index (χ1) is 10.9. The molecule has 1 heterocycles. The summed E-state index contributed by atoms with van der Waals surface area (Å²) in [6.07, 6.45) is -9.32. The zero-order chi connectivity index (χ0) is 18.3. The molecule has 0 atom stereocenters. The van der Waals surface area contributed by atoms with Crippen molar-refractivity contribution in [3.63, 3.8) is 0 Å². The van der Waals surface area contributed by atoms with Crippen molar-refractivity contribution in [2.45, 2.75) is 12.5 Å². The maximum atomic E-state index is 12.5. The Morgan fingerprint density at radius 1 is 1.00 bits per heavy atom. The summed E-state index contributed by atoms with van der Waals surface area (Å²) < 4.78 is 78.2. The highest BCUT2D eigenvalue weighted by atomic mass is 35.5. The molecule has 1 aromatic heterocycles. The van der Waals surface area contributed by atoms with Gasteiger partial charge in [0.15, 0.2) is 5.69 Å². The van der Waals surface area contributed by atoms with E-state index in [1.807, 2.05) is 0 Å². The van der Waals surface area contributed by atoms with Crippen LogP contribution in [-0.4, -0.2) is 15.9 Å². The summed E-state index contributed by atoms with van der Waals surface area (Å²) in [5.74, 6) is -0.755. The quantitative estimate of drug-likeness (QED) is 0.708. The van der Waals surface area contributed by atoms with Gasteiger partial charge in [-0.05, 0) is 0 Å². The fraction of sp³-hybridized carbons (Fsp3) is 0.167. The lowest BCUT2D eigenvalue weighted by molar-refractivity contribution is -0.274. The molecule has 0 spiro atoms. The average molecular weight is 393 g/mol. The topological polar surface area (TPSA) is 44.1 Å². The van der Waals surface area contributed by atoms with Crippen molar-refractivity contribution in [1.29, 1.82) is 0 Å². The Morgan fingerprint density at radius 2 is 1.54 bits per heavy atom. The van der Waals surface area contributed by atoms with Crippen molar-refractivity contribution < 1.29 is 31.1 Å². The van der Waals surface area contributed by atoms with E-state index in [0.29, 0.717) is 23.0 Å². The molecule has 130 valence electrons. The predicted molar refractivity (Wildman–Crippen MR) is 71.5 cm³/mol. The molecule has 0 saturated heterocycles. The highest BCUT2D eigenvalue weighted by Gasteiger charge is 2.34. The highest BCUT2D eigenvalue weighted by Crippen LogP contribution is 2.35. The molecular formula is C12H4Cl2F6N2O2. The molecule has 0 fully saturated rings. The van der Waals surface area contributed by atoms with E-state index in [1.54, 1.807) is 0 Å². The highest BCUT2D eigenvalue weighted by molar-refractivity contribution is 6.38. The first-order valence-corrected chi connectivity index (χ1v) is 6.55. The van der Waals surface area contributed by atoms with Crippen molar-refractivity contribution in [3.05, 3.63) is 50.6 Å². The Labute approximate surface area is 139 Å². The van der Waals surface area contributed by atoms with Gasteiger partial charge < -0.3 is 4.74 Å². The van der Waals surface area contributed by atoms with Crippen molar-refractivity contribution in [3.8, 4) is 11.4 Å². The number of ether oxygens (including phenoxy) is 1. The maximum absolute atomic E-state index is 12.5. The Bertz CT molecular complexity index is 809. The van der Waals surface area contributed by atoms with Crippen LogP contribution < -0.4 is 10.3 Å². The van der Waals surface area contributed by atoms with Gasteiger partial charge in [0.25, 0.3) is 5.56 Å². The monoisotopic (exact) mass is 392 g/mol. The van der Waals surface area contributed by atoms with Crippen LogP contribution in [0.1, 0.15) is 5.69 Å². The summed E-state index contributed by atoms with van der Waals surface area (Å²) in [5.41, 5.74) is -2.95. The molecule has 0 amide bonds. The second kappa shape index (κ2) is 6.17. The van der Waals surface area contributed by atoms with E-state index >= 15 is 0 Å². The van der Waals surface area contributed by atoms with Gasteiger partial charge in [-0.3, -0.25) is 9.36 Å². The largest absolute Gasteiger partial charge is 0.573 e. The van der Waals surface area contributed by atoms with Gasteiger partial charge in [0.1, 0.15) is 12.1 Å². The van der Waals surface area contributed by atoms with E-state index in [9.17, 15) is 31.1 Å². The van der Waals surface area contributed by atoms with Crippen LogP contribution in [0.25, 0.3) is 5.69 Å². The summed E-state index contributed by atoms with van der Waals surface area (Å²) in [5, 5.41) is -0.907. The Balaban J connectivity index is 2.52. The molecule has 4 nitrogen and oxygen atoms in total. The number of benzene rings is 1. The maximum Gasteiger partial charge on any atom is 0.573 e. The van der Waals surface area contributed by atoms with Gasteiger partial charge in [-0.25, -0.2) is 4.98 Å². The van der Waals surface area contributed by atoms with Crippen LogP contribution in [0.4, 0.5) is 26.3 Å². The lowest BCUT2D eigenvalue weighted by Crippen LogP contribution is -2.23. The van der Waals surface area contributed by atoms with Crippen molar-refractivity contribution in [2.24, 2.45) is 0 Å². The molecule has 1 aromatic carbocycles. The van der Waals surface area contributed by atoms with E-state index in [-0.39, 0.29) is 11.8 Å². The van der Waals surface area contributed by atoms with E-state index in [0.717, 1.165) is 0 Å². The first kappa shape index (κ1) is 18.4. The molecule has 12 heteroatoms. The fourth-order valence-electron chi connectivity index (χ4n) is 1.69. The molecule has 2 rings (SSSR count). The zero-order valence-corrected chi connectivity index (χ0v) is 12.6. The van der Waals surface area contributed by atoms with Gasteiger partial charge in [-0.1, -0.05) is 23.2 Å². The third-order valence-electron chi connectivity index (χ3n) is 2.57. The lowest BCUT2D eigenvalue weighted by atomic mass is 10.3. The van der Waals surface area contributed by atoms with E-state index in [4.69, 9.17) is 23.2 Å². The summed E-state index contributed by atoms with van der Waals surface area (Å²) in [6.45, 7) is 0. The number of aromatic nitrogens is 2. The smallest absolute Gasteiger partial charge is 0.406 e. The minimum atomic E-state index is -5.00. The molecule has 0 unspecified atom stereocenters. The molecule has 0 aliphatic heterocycles. The van der Waals surface area contributed by atoms with Crippen LogP contribution in [0.5, 0.6) is 5.75 Å². The summed E-state index contributed by atoms with van der Waals surface area (Å²) in [4.78, 5) is 14.9. The minimum Gasteiger partial charge on any atom is -0.406 e. The zero-order valence-electron chi connectivity index (χ0n) is 11.0. The Kier molecular flexibility index (Phi) is 4.73. The third-order valence-corrected chi connectivity index (χ3v) is 3.14. The first-order valence-electron chi connectivity index (χ1n) is 5.79. The van der Waals surface area contributed by atoms with Crippen molar-refractivity contribution in [2.75, 3.05) is 0 Å². The van der Waals surface area contributed by atoms with Crippen LogP contribution in [0.15, 0.2) is 29.3 Å². The predicted octanol–water partition coefficient (Wildman–Crippen LogP) is 4.46. The number of hydrogen-bond donors (Lipinski definition) is 0. The minimum absolute atomic E-state index is 0.201. The van der Waals surface area contributed by atoms with Gasteiger partial charge >= 0.3 is 12.5 Å². The Morgan fingerprint density at radius 3 is 1.96 bits per heavy atom. The third kappa shape index (κ3) is 4.12. The van der Waals surface area contributed by atoms with Crippen LogP contribution in [0, 0.1) is 0 Å². The number of alkyl halides is 6. The van der Waals surface area contributed by atoms with Gasteiger partial charge in [0.05, 0.1) is 15.7 Å². The lowest BCUT2D eigenvalue weighted by Gasteiger charge is -2.14. The SMILES string of the molecule is O=c1cc(C(F)(F)F)ncn1-c1c(Cl)cc(OC(F)(F)F)cc1Cl. The molecule has 2 aromatic rings. The second-order valence-electron chi connectivity index (χ2n) is 4.26. The summed E-state index contributed by atoms with van der Waals surface area (Å²) in [6, 6.07) is 1.62. The van der Waals surface area contributed by atoms with Gasteiger partial charge in [0, 0.05) is 18.2 Å². The molecule has 24 heavy (non-hydrogen) atoms. The Hall–Kier alpha value is -1.94. The molecule has 0 aliphatic carbocycles. The van der Waals surface area contributed by atoms with Crippen LogP contribution >= 0.6 is 23.2 Å². The van der Waals surface area contributed by atoms with Crippen LogP contribution in [0.3, 0.4) is 0 Å². The van der Waals surface area contributed by atoms with Crippen molar-refractivity contribution in [1.82, 2.24) is 9.55 Å². The summed E-state index contributed by atoms with van der Waals surface area (Å²) >= 11 is 11.5. The van der Waals surface area contributed by atoms with E-state index < -0.39 is 39.6 Å². The summed E-state index contributed by atoms with van der Waals surface area (Å²) in [7, 11) is 0. The number of halogens is 8. The molecule has 0 bridgehead atoms. The van der Waals surface area contributed by atoms with Crippen molar-refractivity contribution >= 4 is 23.2 Å². The number of nitrogens with zero attached hydrogens (tertiary/aromatic N) is 2. The molecular weight excluding hydrogens is 389 g/mol. The molecule has 0 N–H and O–H groups in total. The van der Waals surface area contributed by atoms with Crippen LogP contribution in [0.2, 0.25) is 10.0 Å². The van der Waals surface area contributed by atoms with E-state index in [1.165, 1.54) is 0 Å². The number of hydrogen-bond acceptors (Lipinski definition) is 3. The van der Waals surface area contributed by atoms with E-state index in [2.05, 4.69) is 9.72 Å². The van der Waals surface area contributed by atoms with Gasteiger partial charge in [-0.2, -0.15) is 13.2 Å². The molecule has 0 aliphatic rings. The molecule has 0 radical (unpaired) electrons.